The summed E-state index contributed by atoms with van der Waals surface area (Å²) < 4.78 is 0.692. The molecule has 0 radical (unpaired) electrons. The summed E-state index contributed by atoms with van der Waals surface area (Å²) in [7, 11) is 0. The Hall–Kier alpha value is -2.90. The number of aromatic nitrogens is 2. The highest BCUT2D eigenvalue weighted by Crippen LogP contribution is 2.10. The fourth-order valence-corrected chi connectivity index (χ4v) is 1.67. The summed E-state index contributed by atoms with van der Waals surface area (Å²) in [6.45, 7) is 1.25. The quantitative estimate of drug-likeness (QED) is 0.772. The van der Waals surface area contributed by atoms with Gasteiger partial charge in [-0.05, 0) is 13.0 Å². The van der Waals surface area contributed by atoms with Gasteiger partial charge in [0, 0.05) is 11.0 Å². The number of nitrogens with zero attached hydrogens (tertiary/aromatic N) is 2. The van der Waals surface area contributed by atoms with Crippen molar-refractivity contribution in [2.45, 2.75) is 13.0 Å². The van der Waals surface area contributed by atoms with Gasteiger partial charge in [-0.3, -0.25) is 9.59 Å². The van der Waals surface area contributed by atoms with Crippen LogP contribution in [0.4, 0.5) is 0 Å². The molecular formula is C12H11N3O5. The maximum Gasteiger partial charge on any atom is 0.325 e. The van der Waals surface area contributed by atoms with E-state index in [2.05, 4.69) is 5.32 Å². The first kappa shape index (κ1) is 13.5. The molecule has 1 aromatic heterocycles. The number of hydrogen-bond acceptors (Lipinski definition) is 4. The van der Waals surface area contributed by atoms with Crippen molar-refractivity contribution >= 4 is 22.9 Å². The summed E-state index contributed by atoms with van der Waals surface area (Å²) in [5, 5.41) is 22.9. The van der Waals surface area contributed by atoms with Crippen LogP contribution in [0.25, 0.3) is 11.0 Å². The van der Waals surface area contributed by atoms with E-state index in [0.717, 1.165) is 6.20 Å². The van der Waals surface area contributed by atoms with Gasteiger partial charge in [-0.15, -0.1) is 0 Å². The lowest BCUT2D eigenvalue weighted by Gasteiger charge is -2.17. The Morgan fingerprint density at radius 1 is 1.40 bits per heavy atom. The summed E-state index contributed by atoms with van der Waals surface area (Å²) in [6, 6.07) is 4.81. The summed E-state index contributed by atoms with van der Waals surface area (Å²) in [6.07, 6.45) is 0.819. The number of carbonyl (C=O) groups is 2. The second-order valence-electron chi connectivity index (χ2n) is 4.16. The summed E-state index contributed by atoms with van der Waals surface area (Å²) >= 11 is 0. The number of amides is 1. The van der Waals surface area contributed by atoms with Crippen molar-refractivity contribution in [3.63, 3.8) is 0 Å². The molecule has 0 spiro atoms. The molecule has 8 nitrogen and oxygen atoms in total. The normalized spacial score (nSPS) is 12.1. The second-order valence-corrected chi connectivity index (χ2v) is 4.16. The number of fused-ring (bicyclic) bond motifs is 1. The van der Waals surface area contributed by atoms with E-state index in [1.54, 1.807) is 12.1 Å². The van der Waals surface area contributed by atoms with Gasteiger partial charge < -0.3 is 20.4 Å². The number of carboxylic acids is 1. The van der Waals surface area contributed by atoms with Crippen molar-refractivity contribution in [2.75, 3.05) is 0 Å². The highest BCUT2D eigenvalue weighted by atomic mass is 16.5. The Labute approximate surface area is 112 Å². The van der Waals surface area contributed by atoms with Gasteiger partial charge in [-0.2, -0.15) is 0 Å². The van der Waals surface area contributed by atoms with E-state index in [1.807, 2.05) is 0 Å². The molecule has 2 N–H and O–H groups in total. The molecule has 2 rings (SSSR count). The lowest BCUT2D eigenvalue weighted by molar-refractivity contribution is -0.464. The predicted molar refractivity (Wildman–Crippen MR) is 68.6 cm³/mol. The number of nitrogens with one attached hydrogen (secondary N) is 1. The zero-order chi connectivity index (χ0) is 14.9. The molecule has 8 heteroatoms. The number of rotatable bonds is 3. The maximum absolute atomic E-state index is 12.0. The smallest absolute Gasteiger partial charge is 0.325 e. The first-order valence-corrected chi connectivity index (χ1v) is 5.70. The molecule has 0 saturated heterocycles. The third-order valence-corrected chi connectivity index (χ3v) is 2.75. The maximum atomic E-state index is 12.0. The zero-order valence-corrected chi connectivity index (χ0v) is 10.4. The molecule has 1 heterocycles. The van der Waals surface area contributed by atoms with Crippen molar-refractivity contribution < 1.29 is 19.1 Å². The number of aliphatic carboxylic acids is 1. The number of hydrogen-bond donors (Lipinski definition) is 2. The Kier molecular flexibility index (Phi) is 3.38. The van der Waals surface area contributed by atoms with E-state index in [-0.39, 0.29) is 11.0 Å². The molecule has 0 bridgehead atoms. The van der Waals surface area contributed by atoms with Crippen LogP contribution in [0.2, 0.25) is 0 Å². The molecule has 20 heavy (non-hydrogen) atoms. The summed E-state index contributed by atoms with van der Waals surface area (Å²) in [5.74, 6) is -2.17. The Morgan fingerprint density at radius 3 is 2.70 bits per heavy atom. The average Bonchev–Trinajstić information content (AvgIpc) is 2.42. The van der Waals surface area contributed by atoms with Crippen LogP contribution in [0, 0.1) is 10.1 Å². The first-order chi connectivity index (χ1) is 9.41. The van der Waals surface area contributed by atoms with Gasteiger partial charge in [-0.1, -0.05) is 12.1 Å². The minimum Gasteiger partial charge on any atom is -0.805 e. The van der Waals surface area contributed by atoms with Crippen LogP contribution in [-0.4, -0.2) is 27.8 Å². The van der Waals surface area contributed by atoms with Gasteiger partial charge in [0.25, 0.3) is 17.6 Å². The van der Waals surface area contributed by atoms with E-state index >= 15 is 0 Å². The van der Waals surface area contributed by atoms with E-state index in [4.69, 9.17) is 5.11 Å². The van der Waals surface area contributed by atoms with Crippen LogP contribution in [0.15, 0.2) is 30.5 Å². The Balaban J connectivity index is 2.50. The van der Waals surface area contributed by atoms with E-state index < -0.39 is 23.6 Å². The summed E-state index contributed by atoms with van der Waals surface area (Å²) in [4.78, 5) is 34.2. The number of para-hydroxylation sites is 2. The van der Waals surface area contributed by atoms with Gasteiger partial charge in [0.05, 0.1) is 4.43 Å². The molecule has 0 aliphatic rings. The van der Waals surface area contributed by atoms with Crippen molar-refractivity contribution in [3.8, 4) is 0 Å². The van der Waals surface area contributed by atoms with Crippen LogP contribution in [0.3, 0.4) is 0 Å². The van der Waals surface area contributed by atoms with Gasteiger partial charge >= 0.3 is 5.97 Å². The minimum atomic E-state index is -1.24. The zero-order valence-electron chi connectivity index (χ0n) is 10.4. The lowest BCUT2D eigenvalue weighted by atomic mass is 10.2. The van der Waals surface area contributed by atoms with Crippen molar-refractivity contribution in [2.24, 2.45) is 0 Å². The van der Waals surface area contributed by atoms with Crippen LogP contribution < -0.4 is 9.74 Å². The standard InChI is InChI=1S/C12H11N3O5/c1-7(12(17)18)13-11(16)10-6-14(19)8-4-2-3-5-9(8)15(10)20/h2-7H,1H3,(H,13,16)(H,17,18)/t7-/m0/s1. The third kappa shape index (κ3) is 2.30. The van der Waals surface area contributed by atoms with Gasteiger partial charge in [0.1, 0.15) is 11.6 Å². The fraction of sp³-hybridized carbons (Fsp3) is 0.167. The molecule has 0 unspecified atom stereocenters. The Bertz CT molecular complexity index is 752. The van der Waals surface area contributed by atoms with Crippen LogP contribution in [0.5, 0.6) is 0 Å². The molecule has 1 amide bonds. The predicted octanol–water partition coefficient (Wildman–Crippen LogP) is 0.105. The third-order valence-electron chi connectivity index (χ3n) is 2.75. The van der Waals surface area contributed by atoms with Gasteiger partial charge in [0.2, 0.25) is 0 Å². The van der Waals surface area contributed by atoms with Gasteiger partial charge in [0.15, 0.2) is 5.69 Å². The monoisotopic (exact) mass is 277 g/mol. The van der Waals surface area contributed by atoms with Crippen LogP contribution in [0.1, 0.15) is 17.4 Å². The number of carboxylic acid groups (broad SMARTS) is 1. The number of benzene rings is 1. The van der Waals surface area contributed by atoms with E-state index in [1.165, 1.54) is 19.1 Å². The Morgan fingerprint density at radius 2 is 2.05 bits per heavy atom. The molecule has 1 aromatic carbocycles. The van der Waals surface area contributed by atoms with Crippen LogP contribution in [-0.2, 0) is 4.79 Å². The molecular weight excluding hydrogens is 266 g/mol. The molecule has 0 aliphatic carbocycles. The fourth-order valence-electron chi connectivity index (χ4n) is 1.67. The molecule has 104 valence electrons. The topological polar surface area (TPSA) is 117 Å². The molecule has 0 fully saturated rings. The van der Waals surface area contributed by atoms with E-state index in [9.17, 15) is 19.7 Å². The highest BCUT2D eigenvalue weighted by Gasteiger charge is 2.21. The first-order valence-electron chi connectivity index (χ1n) is 5.70. The summed E-state index contributed by atoms with van der Waals surface area (Å²) in [5.41, 5.74) is -0.324. The number of carbonyl (C=O) groups excluding carboxylic acids is 1. The average molecular weight is 277 g/mol. The SMILES string of the molecule is C[C@H](NC(=O)c1c[n+](=O)c2ccccc2n1[O-])C(=O)O. The molecule has 0 saturated carbocycles. The van der Waals surface area contributed by atoms with Crippen molar-refractivity contribution in [1.82, 2.24) is 10.0 Å². The minimum absolute atomic E-state index is 0.0260. The molecule has 2 aromatic rings. The largest absolute Gasteiger partial charge is 0.805 e. The molecule has 0 aliphatic heterocycles. The highest BCUT2D eigenvalue weighted by molar-refractivity contribution is 5.96. The van der Waals surface area contributed by atoms with Crippen LogP contribution >= 0.6 is 0 Å². The molecule has 1 atom stereocenters. The van der Waals surface area contributed by atoms with Gasteiger partial charge in [-0.25, -0.2) is 0 Å². The van der Waals surface area contributed by atoms with Crippen molar-refractivity contribution in [1.29, 1.82) is 0 Å². The van der Waals surface area contributed by atoms with E-state index in [0.29, 0.717) is 9.16 Å². The van der Waals surface area contributed by atoms with Crippen molar-refractivity contribution in [3.05, 3.63) is 46.3 Å². The second kappa shape index (κ2) is 5.00. The lowest BCUT2D eigenvalue weighted by Crippen LogP contribution is -2.40.